The molecule has 1 atom stereocenters. The molecule has 1 aliphatic heterocycles. The Balaban J connectivity index is 1.53. The van der Waals surface area contributed by atoms with Gasteiger partial charge >= 0.3 is 0 Å². The van der Waals surface area contributed by atoms with Crippen molar-refractivity contribution in [2.45, 2.75) is 17.9 Å². The van der Waals surface area contributed by atoms with Crippen LogP contribution in [0.3, 0.4) is 0 Å². The Hall–Kier alpha value is -4.03. The van der Waals surface area contributed by atoms with Gasteiger partial charge in [0.2, 0.25) is 0 Å². The molecule has 45 heavy (non-hydrogen) atoms. The molecule has 1 aliphatic rings. The smallest absolute Gasteiger partial charge is 0.269 e. The number of nitrogens with zero attached hydrogens (tertiary/aromatic N) is 5. The van der Waals surface area contributed by atoms with E-state index < -0.39 is 27.4 Å². The maximum Gasteiger partial charge on any atom is 0.269 e. The fraction of sp³-hybridized carbons (Fsp3) is 0.273. The summed E-state index contributed by atoms with van der Waals surface area (Å²) >= 11 is 6.26. The number of aryl methyl sites for hydroxylation is 1. The summed E-state index contributed by atoms with van der Waals surface area (Å²) in [4.78, 5) is 22.4. The zero-order chi connectivity index (χ0) is 31.9. The summed E-state index contributed by atoms with van der Waals surface area (Å²) in [5.41, 5.74) is 2.33. The van der Waals surface area contributed by atoms with Crippen LogP contribution in [0.25, 0.3) is 22.2 Å². The minimum absolute atomic E-state index is 0.0188. The van der Waals surface area contributed by atoms with E-state index in [0.29, 0.717) is 43.3 Å². The molecule has 3 aromatic heterocycles. The van der Waals surface area contributed by atoms with Gasteiger partial charge in [0.1, 0.15) is 5.82 Å². The lowest BCUT2D eigenvalue weighted by molar-refractivity contribution is 0.122. The van der Waals surface area contributed by atoms with Crippen LogP contribution >= 0.6 is 11.6 Å². The van der Waals surface area contributed by atoms with Crippen LogP contribution in [0.4, 0.5) is 10.1 Å². The van der Waals surface area contributed by atoms with Gasteiger partial charge in [0.05, 0.1) is 36.0 Å². The van der Waals surface area contributed by atoms with Crippen molar-refractivity contribution in [3.05, 3.63) is 112 Å². The standard InChI is InChI=1S/C33H33ClFN5O4S/c1-22-7-9-26(10-8-22)45(42,43)40-19-29(28-16-25(18-36-33(28)40)38-11-13-44-14-12-38)27-17-32(41)39(20-30(27)35)31(21-37(2)3)23-5-4-6-24(34)15-23/h4-10,15-20,31H,11-14,21H2,1-3H3. The summed E-state index contributed by atoms with van der Waals surface area (Å²) in [5, 5.41) is 0.915. The number of hydrogen-bond acceptors (Lipinski definition) is 7. The predicted molar refractivity (Wildman–Crippen MR) is 174 cm³/mol. The molecular formula is C33H33ClFN5O4S. The van der Waals surface area contributed by atoms with Crippen molar-refractivity contribution in [1.29, 1.82) is 0 Å². The molecule has 0 amide bonds. The van der Waals surface area contributed by atoms with E-state index in [1.807, 2.05) is 32.0 Å². The first-order valence-electron chi connectivity index (χ1n) is 14.5. The van der Waals surface area contributed by atoms with Crippen LogP contribution in [0.15, 0.2) is 88.9 Å². The quantitative estimate of drug-likeness (QED) is 0.229. The normalized spacial score (nSPS) is 14.8. The number of aromatic nitrogens is 3. The van der Waals surface area contributed by atoms with Gasteiger partial charge in [0, 0.05) is 59.6 Å². The summed E-state index contributed by atoms with van der Waals surface area (Å²) in [6.07, 6.45) is 4.15. The molecule has 0 N–H and O–H groups in total. The largest absolute Gasteiger partial charge is 0.378 e. The van der Waals surface area contributed by atoms with Crippen LogP contribution in [0, 0.1) is 12.7 Å². The first kappa shape index (κ1) is 31.0. The van der Waals surface area contributed by atoms with Gasteiger partial charge in [-0.15, -0.1) is 0 Å². The maximum absolute atomic E-state index is 16.3. The highest BCUT2D eigenvalue weighted by Crippen LogP contribution is 2.36. The fourth-order valence-electron chi connectivity index (χ4n) is 5.67. The van der Waals surface area contributed by atoms with Gasteiger partial charge in [0.15, 0.2) is 5.65 Å². The van der Waals surface area contributed by atoms with E-state index in [-0.39, 0.29) is 21.7 Å². The topological polar surface area (TPSA) is 89.7 Å². The first-order chi connectivity index (χ1) is 21.5. The van der Waals surface area contributed by atoms with Crippen molar-refractivity contribution in [3.63, 3.8) is 0 Å². The molecule has 5 aromatic rings. The second-order valence-corrected chi connectivity index (χ2v) is 13.7. The summed E-state index contributed by atoms with van der Waals surface area (Å²) in [5.74, 6) is -0.677. The van der Waals surface area contributed by atoms with Crippen molar-refractivity contribution < 1.29 is 17.5 Å². The second kappa shape index (κ2) is 12.4. The SMILES string of the molecule is Cc1ccc(S(=O)(=O)n2cc(-c3cc(=O)n(C(CN(C)C)c4cccc(Cl)c4)cc3F)c3cc(N4CCOCC4)cnc32)cc1. The lowest BCUT2D eigenvalue weighted by Crippen LogP contribution is -2.36. The third-order valence-corrected chi connectivity index (χ3v) is 9.88. The molecule has 234 valence electrons. The number of anilines is 1. The fourth-order valence-corrected chi connectivity index (χ4v) is 7.19. The molecule has 1 fully saturated rings. The average Bonchev–Trinajstić information content (AvgIpc) is 3.41. The summed E-state index contributed by atoms with van der Waals surface area (Å²) in [6, 6.07) is 16.1. The molecule has 9 nitrogen and oxygen atoms in total. The van der Waals surface area contributed by atoms with Gasteiger partial charge in [0.25, 0.3) is 15.6 Å². The third kappa shape index (κ3) is 6.13. The molecule has 0 saturated carbocycles. The molecule has 1 unspecified atom stereocenters. The van der Waals surface area contributed by atoms with Crippen LogP contribution in [0.2, 0.25) is 5.02 Å². The van der Waals surface area contributed by atoms with Gasteiger partial charge in [-0.25, -0.2) is 21.8 Å². The van der Waals surface area contributed by atoms with Gasteiger partial charge < -0.3 is 19.1 Å². The zero-order valence-corrected chi connectivity index (χ0v) is 26.7. The highest BCUT2D eigenvalue weighted by atomic mass is 35.5. The summed E-state index contributed by atoms with van der Waals surface area (Å²) in [6.45, 7) is 4.63. The molecule has 0 spiro atoms. The molecular weight excluding hydrogens is 617 g/mol. The number of ether oxygens (including phenoxy) is 1. The molecule has 0 bridgehead atoms. The first-order valence-corrected chi connectivity index (χ1v) is 16.3. The predicted octanol–water partition coefficient (Wildman–Crippen LogP) is 5.19. The number of fused-ring (bicyclic) bond motifs is 1. The molecule has 6 rings (SSSR count). The molecule has 2 aromatic carbocycles. The van der Waals surface area contributed by atoms with E-state index in [2.05, 4.69) is 9.88 Å². The van der Waals surface area contributed by atoms with Crippen molar-refractivity contribution in [2.24, 2.45) is 0 Å². The lowest BCUT2D eigenvalue weighted by Gasteiger charge is -2.28. The number of morpholine rings is 1. The molecule has 4 heterocycles. The Morgan fingerprint density at radius 1 is 1.02 bits per heavy atom. The van der Waals surface area contributed by atoms with E-state index in [1.165, 1.54) is 35.2 Å². The van der Waals surface area contributed by atoms with E-state index in [0.717, 1.165) is 20.8 Å². The zero-order valence-electron chi connectivity index (χ0n) is 25.2. The number of rotatable bonds is 8. The van der Waals surface area contributed by atoms with Crippen LogP contribution < -0.4 is 10.5 Å². The Morgan fingerprint density at radius 3 is 2.44 bits per heavy atom. The third-order valence-electron chi connectivity index (χ3n) is 7.98. The van der Waals surface area contributed by atoms with Crippen LogP contribution in [-0.2, 0) is 14.8 Å². The summed E-state index contributed by atoms with van der Waals surface area (Å²) in [7, 11) is -0.367. The van der Waals surface area contributed by atoms with Crippen molar-refractivity contribution in [3.8, 4) is 11.1 Å². The Bertz CT molecular complexity index is 2040. The molecule has 12 heteroatoms. The average molecular weight is 650 g/mol. The minimum atomic E-state index is -4.11. The van der Waals surface area contributed by atoms with E-state index in [1.54, 1.807) is 42.6 Å². The molecule has 1 saturated heterocycles. The second-order valence-electron chi connectivity index (χ2n) is 11.4. The maximum atomic E-state index is 16.3. The Kier molecular flexibility index (Phi) is 8.53. The molecule has 0 aliphatic carbocycles. The van der Waals surface area contributed by atoms with Gasteiger partial charge in [-0.3, -0.25) is 4.79 Å². The monoisotopic (exact) mass is 649 g/mol. The highest BCUT2D eigenvalue weighted by Gasteiger charge is 2.26. The Labute approximate surface area is 266 Å². The number of pyridine rings is 2. The number of hydrogen-bond donors (Lipinski definition) is 0. The van der Waals surface area contributed by atoms with Crippen molar-refractivity contribution in [2.75, 3.05) is 51.8 Å². The molecule has 0 radical (unpaired) electrons. The number of halogens is 2. The van der Waals surface area contributed by atoms with Crippen LogP contribution in [-0.4, -0.2) is 73.8 Å². The van der Waals surface area contributed by atoms with Gasteiger partial charge in [-0.05, 0) is 56.9 Å². The van der Waals surface area contributed by atoms with Gasteiger partial charge in [-0.1, -0.05) is 41.4 Å². The van der Waals surface area contributed by atoms with Crippen molar-refractivity contribution >= 4 is 38.3 Å². The summed E-state index contributed by atoms with van der Waals surface area (Å²) < 4.78 is 52.0. The van der Waals surface area contributed by atoms with Crippen LogP contribution in [0.1, 0.15) is 17.2 Å². The number of likely N-dealkylation sites (N-methyl/N-ethyl adjacent to an activating group) is 1. The minimum Gasteiger partial charge on any atom is -0.378 e. The van der Waals surface area contributed by atoms with Gasteiger partial charge in [-0.2, -0.15) is 0 Å². The van der Waals surface area contributed by atoms with Crippen LogP contribution in [0.5, 0.6) is 0 Å². The van der Waals surface area contributed by atoms with E-state index in [9.17, 15) is 13.2 Å². The van der Waals surface area contributed by atoms with E-state index in [4.69, 9.17) is 16.3 Å². The lowest BCUT2D eigenvalue weighted by atomic mass is 10.0. The van der Waals surface area contributed by atoms with E-state index >= 15 is 4.39 Å². The number of benzene rings is 2. The van der Waals surface area contributed by atoms with Crippen molar-refractivity contribution in [1.82, 2.24) is 18.4 Å². The highest BCUT2D eigenvalue weighted by molar-refractivity contribution is 7.90. The Morgan fingerprint density at radius 2 is 1.76 bits per heavy atom.